The highest BCUT2D eigenvalue weighted by Gasteiger charge is 2.21. The molecule has 4 heteroatoms. The third kappa shape index (κ3) is 2.75. The van der Waals surface area contributed by atoms with Crippen molar-refractivity contribution in [1.29, 1.82) is 5.26 Å². The number of nitriles is 1. The number of hydrogen-bond acceptors (Lipinski definition) is 3. The fourth-order valence-corrected chi connectivity index (χ4v) is 2.10. The Hall–Kier alpha value is -1.60. The molecule has 0 aromatic heterocycles. The van der Waals surface area contributed by atoms with E-state index in [4.69, 9.17) is 15.7 Å². The number of hydrogen-bond donors (Lipinski definition) is 1. The summed E-state index contributed by atoms with van der Waals surface area (Å²) in [5, 5.41) is 8.88. The molecule has 2 N–H and O–H groups in total. The maximum atomic E-state index is 13.3. The third-order valence-corrected chi connectivity index (χ3v) is 3.10. The van der Waals surface area contributed by atoms with Gasteiger partial charge in [-0.2, -0.15) is 5.26 Å². The summed E-state index contributed by atoms with van der Waals surface area (Å²) in [5.74, 6) is -0.189. The van der Waals surface area contributed by atoms with Crippen LogP contribution in [0.1, 0.15) is 31.2 Å². The molecule has 0 saturated heterocycles. The molecule has 2 rings (SSSR count). The van der Waals surface area contributed by atoms with E-state index in [-0.39, 0.29) is 17.7 Å². The van der Waals surface area contributed by atoms with E-state index in [1.807, 2.05) is 6.07 Å². The van der Waals surface area contributed by atoms with Crippen LogP contribution in [0.2, 0.25) is 0 Å². The number of benzene rings is 1. The Bertz CT molecular complexity index is 434. The van der Waals surface area contributed by atoms with E-state index in [2.05, 4.69) is 0 Å². The van der Waals surface area contributed by atoms with E-state index in [0.717, 1.165) is 25.7 Å². The van der Waals surface area contributed by atoms with E-state index in [1.165, 1.54) is 6.07 Å². The first kappa shape index (κ1) is 11.9. The summed E-state index contributed by atoms with van der Waals surface area (Å²) < 4.78 is 19.0. The highest BCUT2D eigenvalue weighted by atomic mass is 19.1. The molecular weight excluding hydrogens is 219 g/mol. The second-order valence-electron chi connectivity index (χ2n) is 4.38. The molecule has 90 valence electrons. The Labute approximate surface area is 100.0 Å². The minimum absolute atomic E-state index is 0.0117. The molecule has 0 bridgehead atoms. The number of nitrogens with two attached hydrogens (primary N) is 1. The summed E-state index contributed by atoms with van der Waals surface area (Å²) in [5.41, 5.74) is 5.79. The van der Waals surface area contributed by atoms with Gasteiger partial charge in [-0.1, -0.05) is 6.07 Å². The molecule has 1 saturated carbocycles. The average Bonchev–Trinajstić information content (AvgIpc) is 2.32. The smallest absolute Gasteiger partial charge is 0.144 e. The van der Waals surface area contributed by atoms with Crippen LogP contribution >= 0.6 is 0 Å². The Morgan fingerprint density at radius 1 is 1.29 bits per heavy atom. The molecule has 0 heterocycles. The molecule has 17 heavy (non-hydrogen) atoms. The fourth-order valence-electron chi connectivity index (χ4n) is 2.10. The van der Waals surface area contributed by atoms with Crippen LogP contribution in [0.4, 0.5) is 4.39 Å². The summed E-state index contributed by atoms with van der Waals surface area (Å²) in [4.78, 5) is 0. The molecule has 0 unspecified atom stereocenters. The second kappa shape index (κ2) is 5.15. The second-order valence-corrected chi connectivity index (χ2v) is 4.38. The quantitative estimate of drug-likeness (QED) is 0.854. The molecule has 0 spiro atoms. The van der Waals surface area contributed by atoms with Gasteiger partial charge in [0.2, 0.25) is 0 Å². The van der Waals surface area contributed by atoms with Crippen molar-refractivity contribution < 1.29 is 9.13 Å². The lowest BCUT2D eigenvalue weighted by Gasteiger charge is -2.27. The van der Waals surface area contributed by atoms with Crippen molar-refractivity contribution in [1.82, 2.24) is 0 Å². The van der Waals surface area contributed by atoms with E-state index in [1.54, 1.807) is 12.1 Å². The van der Waals surface area contributed by atoms with Crippen molar-refractivity contribution in [3.05, 3.63) is 29.6 Å². The number of halogens is 1. The van der Waals surface area contributed by atoms with Crippen LogP contribution in [-0.4, -0.2) is 12.1 Å². The maximum Gasteiger partial charge on any atom is 0.144 e. The zero-order valence-corrected chi connectivity index (χ0v) is 9.53. The van der Waals surface area contributed by atoms with Crippen molar-refractivity contribution in [3.63, 3.8) is 0 Å². The fraction of sp³-hybridized carbons (Fsp3) is 0.462. The van der Waals surface area contributed by atoms with Crippen molar-refractivity contribution in [3.8, 4) is 11.8 Å². The van der Waals surface area contributed by atoms with Gasteiger partial charge in [-0.3, -0.25) is 0 Å². The highest BCUT2D eigenvalue weighted by Crippen LogP contribution is 2.26. The molecule has 1 aliphatic carbocycles. The van der Waals surface area contributed by atoms with Gasteiger partial charge in [0, 0.05) is 6.04 Å². The van der Waals surface area contributed by atoms with Gasteiger partial charge >= 0.3 is 0 Å². The Morgan fingerprint density at radius 3 is 2.65 bits per heavy atom. The summed E-state index contributed by atoms with van der Waals surface area (Å²) in [6.07, 6.45) is 3.61. The molecule has 0 atom stereocenters. The van der Waals surface area contributed by atoms with E-state index in [0.29, 0.717) is 5.75 Å². The summed E-state index contributed by atoms with van der Waals surface area (Å²) >= 11 is 0. The molecule has 0 radical (unpaired) electrons. The van der Waals surface area contributed by atoms with Gasteiger partial charge < -0.3 is 10.5 Å². The first-order chi connectivity index (χ1) is 8.20. The molecule has 0 aliphatic heterocycles. The zero-order chi connectivity index (χ0) is 12.3. The van der Waals surface area contributed by atoms with Gasteiger partial charge in [0.1, 0.15) is 23.2 Å². The third-order valence-electron chi connectivity index (χ3n) is 3.10. The average molecular weight is 234 g/mol. The minimum Gasteiger partial charge on any atom is -0.489 e. The predicted molar refractivity (Wildman–Crippen MR) is 62.0 cm³/mol. The van der Waals surface area contributed by atoms with Crippen molar-refractivity contribution in [2.24, 2.45) is 5.73 Å². The summed E-state index contributed by atoms with van der Waals surface area (Å²) in [7, 11) is 0. The van der Waals surface area contributed by atoms with E-state index < -0.39 is 5.82 Å². The lowest BCUT2D eigenvalue weighted by Crippen LogP contribution is -2.31. The van der Waals surface area contributed by atoms with E-state index >= 15 is 0 Å². The van der Waals surface area contributed by atoms with Gasteiger partial charge in [0.05, 0.1) is 6.10 Å². The van der Waals surface area contributed by atoms with Crippen LogP contribution in [0.25, 0.3) is 0 Å². The highest BCUT2D eigenvalue weighted by molar-refractivity contribution is 5.43. The Balaban J connectivity index is 2.09. The van der Waals surface area contributed by atoms with Crippen molar-refractivity contribution in [2.75, 3.05) is 0 Å². The minimum atomic E-state index is -0.530. The zero-order valence-electron chi connectivity index (χ0n) is 9.53. The normalized spacial score (nSPS) is 24.1. The molecule has 1 aromatic carbocycles. The van der Waals surface area contributed by atoms with Gasteiger partial charge in [0.25, 0.3) is 0 Å². The van der Waals surface area contributed by atoms with Crippen LogP contribution in [0.15, 0.2) is 18.2 Å². The summed E-state index contributed by atoms with van der Waals surface area (Å²) in [6, 6.07) is 6.54. The molecule has 1 aliphatic rings. The topological polar surface area (TPSA) is 59.0 Å². The first-order valence-corrected chi connectivity index (χ1v) is 5.81. The van der Waals surface area contributed by atoms with Gasteiger partial charge in [-0.15, -0.1) is 0 Å². The Morgan fingerprint density at radius 2 is 2.00 bits per heavy atom. The van der Waals surface area contributed by atoms with Crippen LogP contribution in [0.5, 0.6) is 5.75 Å². The van der Waals surface area contributed by atoms with Gasteiger partial charge in [0.15, 0.2) is 0 Å². The number of ether oxygens (including phenoxy) is 1. The van der Waals surface area contributed by atoms with Crippen molar-refractivity contribution >= 4 is 0 Å². The lowest BCUT2D eigenvalue weighted by atomic mass is 9.93. The summed E-state index contributed by atoms with van der Waals surface area (Å²) in [6.45, 7) is 0. The molecule has 1 aromatic rings. The van der Waals surface area contributed by atoms with Crippen molar-refractivity contribution in [2.45, 2.75) is 37.8 Å². The van der Waals surface area contributed by atoms with Crippen LogP contribution in [0, 0.1) is 17.1 Å². The number of nitrogens with zero attached hydrogens (tertiary/aromatic N) is 1. The molecule has 0 amide bonds. The Kier molecular flexibility index (Phi) is 3.60. The first-order valence-electron chi connectivity index (χ1n) is 5.81. The molecular formula is C13H15FN2O. The largest absolute Gasteiger partial charge is 0.489 e. The van der Waals surface area contributed by atoms with Gasteiger partial charge in [-0.05, 0) is 37.8 Å². The molecule has 1 fully saturated rings. The monoisotopic (exact) mass is 234 g/mol. The molecule has 3 nitrogen and oxygen atoms in total. The lowest BCUT2D eigenvalue weighted by molar-refractivity contribution is 0.146. The predicted octanol–water partition coefficient (Wildman–Crippen LogP) is 2.35. The van der Waals surface area contributed by atoms with E-state index in [9.17, 15) is 4.39 Å². The van der Waals surface area contributed by atoms with Gasteiger partial charge in [-0.25, -0.2) is 4.39 Å². The van der Waals surface area contributed by atoms with Crippen LogP contribution < -0.4 is 10.5 Å². The SMILES string of the molecule is N#Cc1c(F)cccc1OC1CCC(N)CC1. The van der Waals surface area contributed by atoms with Crippen LogP contribution in [-0.2, 0) is 0 Å². The standard InChI is InChI=1S/C13H15FN2O/c14-12-2-1-3-13(11(12)8-15)17-10-6-4-9(16)5-7-10/h1-3,9-10H,4-7,16H2. The maximum absolute atomic E-state index is 13.3. The number of rotatable bonds is 2. The van der Waals surface area contributed by atoms with Crippen LogP contribution in [0.3, 0.4) is 0 Å².